The Labute approximate surface area is 88.7 Å². The Kier molecular flexibility index (Phi) is 3.98. The van der Waals surface area contributed by atoms with E-state index in [1.165, 1.54) is 0 Å². The molecule has 1 aliphatic rings. The van der Waals surface area contributed by atoms with Crippen LogP contribution in [0, 0.1) is 0 Å². The van der Waals surface area contributed by atoms with Crippen molar-refractivity contribution in [3.8, 4) is 0 Å². The molecule has 0 atom stereocenters. The van der Waals surface area contributed by atoms with E-state index in [-0.39, 0.29) is 18.0 Å². The number of H-pyrrole nitrogens is 1. The van der Waals surface area contributed by atoms with Crippen molar-refractivity contribution in [2.24, 2.45) is 0 Å². The number of piperazine rings is 1. The van der Waals surface area contributed by atoms with Crippen molar-refractivity contribution in [1.29, 1.82) is 0 Å². The zero-order chi connectivity index (χ0) is 9.10. The van der Waals surface area contributed by atoms with Crippen LogP contribution < -0.4 is 15.8 Å². The minimum atomic E-state index is -0.0427. The molecular formula is C9H14ClN3O. The molecule has 0 saturated carbocycles. The van der Waals surface area contributed by atoms with Gasteiger partial charge in [-0.15, -0.1) is 12.4 Å². The molecule has 0 unspecified atom stereocenters. The molecule has 0 aromatic carbocycles. The summed E-state index contributed by atoms with van der Waals surface area (Å²) in [6, 6.07) is 3.43. The predicted octanol–water partition coefficient (Wildman–Crippen LogP) is 0.206. The lowest BCUT2D eigenvalue weighted by molar-refractivity contribution is 0.588. The molecule has 0 amide bonds. The van der Waals surface area contributed by atoms with Gasteiger partial charge < -0.3 is 15.2 Å². The summed E-state index contributed by atoms with van der Waals surface area (Å²) in [6.45, 7) is 4.04. The van der Waals surface area contributed by atoms with Gasteiger partial charge in [-0.3, -0.25) is 4.79 Å². The molecular weight excluding hydrogens is 202 g/mol. The van der Waals surface area contributed by atoms with Crippen molar-refractivity contribution in [3.63, 3.8) is 0 Å². The maximum atomic E-state index is 10.8. The van der Waals surface area contributed by atoms with Crippen LogP contribution in [0.5, 0.6) is 0 Å². The van der Waals surface area contributed by atoms with Crippen LogP contribution in [0.2, 0.25) is 0 Å². The first-order chi connectivity index (χ1) is 6.36. The molecule has 2 N–H and O–H groups in total. The van der Waals surface area contributed by atoms with E-state index in [0.717, 1.165) is 31.9 Å². The molecule has 2 heterocycles. The van der Waals surface area contributed by atoms with E-state index in [1.54, 1.807) is 12.3 Å². The summed E-state index contributed by atoms with van der Waals surface area (Å²) < 4.78 is 0. The topological polar surface area (TPSA) is 48.1 Å². The Balaban J connectivity index is 0.000000980. The van der Waals surface area contributed by atoms with E-state index in [9.17, 15) is 4.79 Å². The molecule has 0 radical (unpaired) electrons. The maximum absolute atomic E-state index is 10.8. The average Bonchev–Trinajstić information content (AvgIpc) is 2.20. The number of anilines is 1. The molecule has 1 aliphatic heterocycles. The van der Waals surface area contributed by atoms with E-state index in [4.69, 9.17) is 0 Å². The van der Waals surface area contributed by atoms with Crippen molar-refractivity contribution in [2.75, 3.05) is 31.1 Å². The first-order valence-corrected chi connectivity index (χ1v) is 4.51. The van der Waals surface area contributed by atoms with Gasteiger partial charge in [-0.2, -0.15) is 0 Å². The highest BCUT2D eigenvalue weighted by atomic mass is 35.5. The lowest BCUT2D eigenvalue weighted by atomic mass is 10.3. The highest BCUT2D eigenvalue weighted by Gasteiger charge is 2.09. The summed E-state index contributed by atoms with van der Waals surface area (Å²) in [5.74, 6) is 0. The molecule has 0 aliphatic carbocycles. The van der Waals surface area contributed by atoms with Crippen molar-refractivity contribution < 1.29 is 0 Å². The van der Waals surface area contributed by atoms with Crippen LogP contribution in [0.15, 0.2) is 23.1 Å². The summed E-state index contributed by atoms with van der Waals surface area (Å²) >= 11 is 0. The van der Waals surface area contributed by atoms with E-state index >= 15 is 0 Å². The monoisotopic (exact) mass is 215 g/mol. The Morgan fingerprint density at radius 1 is 1.21 bits per heavy atom. The van der Waals surface area contributed by atoms with Gasteiger partial charge in [-0.05, 0) is 6.07 Å². The van der Waals surface area contributed by atoms with Crippen LogP contribution >= 0.6 is 12.4 Å². The normalized spacial score (nSPS) is 16.1. The Morgan fingerprint density at radius 2 is 1.93 bits per heavy atom. The zero-order valence-corrected chi connectivity index (χ0v) is 8.64. The van der Waals surface area contributed by atoms with Crippen molar-refractivity contribution >= 4 is 18.1 Å². The molecule has 0 spiro atoms. The second-order valence-corrected chi connectivity index (χ2v) is 3.15. The van der Waals surface area contributed by atoms with Gasteiger partial charge in [-0.25, -0.2) is 0 Å². The summed E-state index contributed by atoms with van der Waals surface area (Å²) in [5, 5.41) is 3.28. The molecule has 78 valence electrons. The standard InChI is InChI=1S/C9H13N3O.ClH/c13-9-2-1-8(7-11-9)12-5-3-10-4-6-12;/h1-2,7,10H,3-6H2,(H,11,13);1H. The quantitative estimate of drug-likeness (QED) is 0.704. The SMILES string of the molecule is Cl.O=c1ccc(N2CCNCC2)c[nH]1. The molecule has 2 rings (SSSR count). The van der Waals surface area contributed by atoms with Gasteiger partial charge >= 0.3 is 0 Å². The third-order valence-electron chi connectivity index (χ3n) is 2.25. The number of hydrogen-bond acceptors (Lipinski definition) is 3. The second kappa shape index (κ2) is 5.02. The maximum Gasteiger partial charge on any atom is 0.248 e. The number of halogens is 1. The number of aromatic nitrogens is 1. The molecule has 1 fully saturated rings. The summed E-state index contributed by atoms with van der Waals surface area (Å²) in [4.78, 5) is 15.8. The highest BCUT2D eigenvalue weighted by molar-refractivity contribution is 5.85. The van der Waals surface area contributed by atoms with E-state index in [2.05, 4.69) is 15.2 Å². The molecule has 1 saturated heterocycles. The molecule has 4 nitrogen and oxygen atoms in total. The number of hydrogen-bond donors (Lipinski definition) is 2. The van der Waals surface area contributed by atoms with Gasteiger partial charge in [0.15, 0.2) is 0 Å². The highest BCUT2D eigenvalue weighted by Crippen LogP contribution is 2.10. The Morgan fingerprint density at radius 3 is 2.50 bits per heavy atom. The fourth-order valence-corrected chi connectivity index (χ4v) is 1.52. The first-order valence-electron chi connectivity index (χ1n) is 4.51. The van der Waals surface area contributed by atoms with Gasteiger partial charge in [0.25, 0.3) is 0 Å². The fraction of sp³-hybridized carbons (Fsp3) is 0.444. The lowest BCUT2D eigenvalue weighted by Crippen LogP contribution is -2.43. The number of nitrogens with one attached hydrogen (secondary N) is 2. The summed E-state index contributed by atoms with van der Waals surface area (Å²) in [7, 11) is 0. The van der Waals surface area contributed by atoms with Gasteiger partial charge in [0.05, 0.1) is 5.69 Å². The molecule has 1 aromatic heterocycles. The van der Waals surface area contributed by atoms with E-state index in [1.807, 2.05) is 6.07 Å². The van der Waals surface area contributed by atoms with Gasteiger partial charge in [0.2, 0.25) is 5.56 Å². The van der Waals surface area contributed by atoms with Crippen molar-refractivity contribution in [2.45, 2.75) is 0 Å². The number of pyridine rings is 1. The van der Waals surface area contributed by atoms with Crippen LogP contribution in [-0.2, 0) is 0 Å². The smallest absolute Gasteiger partial charge is 0.248 e. The van der Waals surface area contributed by atoms with Crippen molar-refractivity contribution in [1.82, 2.24) is 10.3 Å². The number of aromatic amines is 1. The third-order valence-corrected chi connectivity index (χ3v) is 2.25. The van der Waals surface area contributed by atoms with Crippen LogP contribution in [0.3, 0.4) is 0 Å². The molecule has 0 bridgehead atoms. The van der Waals surface area contributed by atoms with Crippen LogP contribution in [0.1, 0.15) is 0 Å². The minimum Gasteiger partial charge on any atom is -0.368 e. The Bertz CT molecular complexity index is 313. The van der Waals surface area contributed by atoms with Gasteiger partial charge in [-0.1, -0.05) is 0 Å². The second-order valence-electron chi connectivity index (χ2n) is 3.15. The minimum absolute atomic E-state index is 0. The summed E-state index contributed by atoms with van der Waals surface area (Å²) in [5.41, 5.74) is 1.06. The molecule has 1 aromatic rings. The molecule has 5 heteroatoms. The Hall–Kier alpha value is -1.00. The van der Waals surface area contributed by atoms with Crippen LogP contribution in [0.25, 0.3) is 0 Å². The lowest BCUT2D eigenvalue weighted by Gasteiger charge is -2.28. The van der Waals surface area contributed by atoms with Crippen LogP contribution in [-0.4, -0.2) is 31.2 Å². The van der Waals surface area contributed by atoms with Gasteiger partial charge in [0.1, 0.15) is 0 Å². The largest absolute Gasteiger partial charge is 0.368 e. The third kappa shape index (κ3) is 2.49. The van der Waals surface area contributed by atoms with E-state index < -0.39 is 0 Å². The van der Waals surface area contributed by atoms with Crippen LogP contribution in [0.4, 0.5) is 5.69 Å². The number of nitrogens with zero attached hydrogens (tertiary/aromatic N) is 1. The predicted molar refractivity (Wildman–Crippen MR) is 59.4 cm³/mol. The van der Waals surface area contributed by atoms with Gasteiger partial charge in [0, 0.05) is 38.4 Å². The first kappa shape index (κ1) is 11.1. The number of rotatable bonds is 1. The van der Waals surface area contributed by atoms with Crippen molar-refractivity contribution in [3.05, 3.63) is 28.7 Å². The summed E-state index contributed by atoms with van der Waals surface area (Å²) in [6.07, 6.45) is 1.77. The fourth-order valence-electron chi connectivity index (χ4n) is 1.52. The van der Waals surface area contributed by atoms with E-state index in [0.29, 0.717) is 0 Å². The molecule has 14 heavy (non-hydrogen) atoms. The zero-order valence-electron chi connectivity index (χ0n) is 7.82. The average molecular weight is 216 g/mol.